The van der Waals surface area contributed by atoms with Gasteiger partial charge in [-0.15, -0.1) is 0 Å². The second-order valence-corrected chi connectivity index (χ2v) is 6.41. The minimum atomic E-state index is -0.912. The molecule has 1 N–H and O–H groups in total. The Hall–Kier alpha value is -3.23. The molecule has 3 rings (SSSR count). The lowest BCUT2D eigenvalue weighted by atomic mass is 10.1. The molecule has 0 atom stereocenters. The first-order valence-corrected chi connectivity index (χ1v) is 8.36. The number of rotatable bonds is 4. The van der Waals surface area contributed by atoms with Gasteiger partial charge in [-0.05, 0) is 17.7 Å². The zero-order valence-corrected chi connectivity index (χ0v) is 15.0. The Balaban J connectivity index is 1.94. The molecule has 2 aromatic rings. The number of amides is 2. The second kappa shape index (κ2) is 7.18. The predicted molar refractivity (Wildman–Crippen MR) is 93.5 cm³/mol. The minimum Gasteiger partial charge on any atom is -0.501 e. The highest BCUT2D eigenvalue weighted by Crippen LogP contribution is 2.22. The zero-order chi connectivity index (χ0) is 19.7. The van der Waals surface area contributed by atoms with E-state index in [0.29, 0.717) is 13.1 Å². The molecule has 1 aliphatic heterocycles. The van der Waals surface area contributed by atoms with Crippen molar-refractivity contribution in [1.29, 1.82) is 0 Å². The van der Waals surface area contributed by atoms with E-state index in [9.17, 15) is 23.9 Å². The molecule has 142 valence electrons. The molecule has 0 aliphatic carbocycles. The summed E-state index contributed by atoms with van der Waals surface area (Å²) in [6.07, 6.45) is 0. The van der Waals surface area contributed by atoms with Crippen LogP contribution < -0.4 is 5.56 Å². The maximum atomic E-state index is 13.1. The first kappa shape index (κ1) is 18.6. The summed E-state index contributed by atoms with van der Waals surface area (Å²) in [5.41, 5.74) is -0.328. The van der Waals surface area contributed by atoms with Crippen LogP contribution in [-0.4, -0.2) is 49.9 Å². The molecule has 9 heteroatoms. The number of halogens is 1. The third-order valence-corrected chi connectivity index (χ3v) is 4.53. The molecule has 1 aromatic carbocycles. The van der Waals surface area contributed by atoms with Gasteiger partial charge < -0.3 is 19.5 Å². The lowest BCUT2D eigenvalue weighted by Gasteiger charge is -2.32. The second-order valence-electron chi connectivity index (χ2n) is 6.41. The Bertz CT molecular complexity index is 955. The van der Waals surface area contributed by atoms with Gasteiger partial charge in [0.25, 0.3) is 5.91 Å². The van der Waals surface area contributed by atoms with Crippen molar-refractivity contribution in [2.75, 3.05) is 13.6 Å². The van der Waals surface area contributed by atoms with E-state index in [-0.39, 0.29) is 36.3 Å². The number of nitrogens with zero attached hydrogens (tertiary/aromatic N) is 4. The molecular weight excluding hydrogens is 355 g/mol. The van der Waals surface area contributed by atoms with Gasteiger partial charge in [-0.2, -0.15) is 4.98 Å². The van der Waals surface area contributed by atoms with E-state index in [1.807, 2.05) is 0 Å². The van der Waals surface area contributed by atoms with Crippen molar-refractivity contribution in [3.8, 4) is 5.75 Å². The van der Waals surface area contributed by atoms with Gasteiger partial charge in [0, 0.05) is 33.6 Å². The van der Waals surface area contributed by atoms with Crippen LogP contribution in [0.2, 0.25) is 0 Å². The molecule has 2 heterocycles. The lowest BCUT2D eigenvalue weighted by Crippen LogP contribution is -2.43. The number of carbonyl (C=O) groups is 2. The van der Waals surface area contributed by atoms with E-state index in [4.69, 9.17) is 0 Å². The average molecular weight is 374 g/mol. The molecule has 0 fully saturated rings. The molecule has 0 unspecified atom stereocenters. The number of aromatic nitrogens is 2. The minimum absolute atomic E-state index is 0.0447. The van der Waals surface area contributed by atoms with Gasteiger partial charge in [0.05, 0.1) is 6.54 Å². The van der Waals surface area contributed by atoms with Gasteiger partial charge in [0.1, 0.15) is 11.6 Å². The van der Waals surface area contributed by atoms with Crippen LogP contribution in [0.25, 0.3) is 0 Å². The quantitative estimate of drug-likeness (QED) is 0.851. The SMILES string of the molecule is CC(=O)N(C)Cc1nc(=O)c(O)c2n1CCN(Cc1ccc(F)cc1)C2=O. The Kier molecular flexibility index (Phi) is 4.93. The average Bonchev–Trinajstić information content (AvgIpc) is 2.62. The van der Waals surface area contributed by atoms with E-state index in [2.05, 4.69) is 4.98 Å². The van der Waals surface area contributed by atoms with E-state index >= 15 is 0 Å². The highest BCUT2D eigenvalue weighted by molar-refractivity contribution is 5.95. The number of hydrogen-bond donors (Lipinski definition) is 1. The van der Waals surface area contributed by atoms with Crippen LogP contribution in [0, 0.1) is 5.82 Å². The number of hydrogen-bond acceptors (Lipinski definition) is 5. The maximum Gasteiger partial charge on any atom is 0.315 e. The number of carbonyl (C=O) groups excluding carboxylic acids is 2. The Morgan fingerprint density at radius 2 is 1.93 bits per heavy atom. The smallest absolute Gasteiger partial charge is 0.315 e. The van der Waals surface area contributed by atoms with E-state index in [1.54, 1.807) is 19.2 Å². The van der Waals surface area contributed by atoms with E-state index in [0.717, 1.165) is 5.56 Å². The van der Waals surface area contributed by atoms with Crippen molar-refractivity contribution in [3.63, 3.8) is 0 Å². The summed E-state index contributed by atoms with van der Waals surface area (Å²) in [5.74, 6) is -1.58. The summed E-state index contributed by atoms with van der Waals surface area (Å²) in [7, 11) is 1.56. The molecule has 0 spiro atoms. The van der Waals surface area contributed by atoms with Crippen LogP contribution >= 0.6 is 0 Å². The van der Waals surface area contributed by atoms with Crippen molar-refractivity contribution in [2.45, 2.75) is 26.6 Å². The summed E-state index contributed by atoms with van der Waals surface area (Å²) < 4.78 is 14.5. The fourth-order valence-electron chi connectivity index (χ4n) is 2.92. The molecule has 0 bridgehead atoms. The fourth-order valence-corrected chi connectivity index (χ4v) is 2.92. The van der Waals surface area contributed by atoms with Gasteiger partial charge in [0.2, 0.25) is 11.7 Å². The van der Waals surface area contributed by atoms with Gasteiger partial charge in [-0.3, -0.25) is 14.4 Å². The third-order valence-electron chi connectivity index (χ3n) is 4.53. The van der Waals surface area contributed by atoms with Crippen molar-refractivity contribution in [3.05, 3.63) is 57.5 Å². The number of benzene rings is 1. The Morgan fingerprint density at radius 1 is 1.26 bits per heavy atom. The highest BCUT2D eigenvalue weighted by atomic mass is 19.1. The summed E-state index contributed by atoms with van der Waals surface area (Å²) >= 11 is 0. The van der Waals surface area contributed by atoms with Gasteiger partial charge >= 0.3 is 5.56 Å². The van der Waals surface area contributed by atoms with Crippen LogP contribution in [0.1, 0.15) is 28.8 Å². The Morgan fingerprint density at radius 3 is 2.56 bits per heavy atom. The molecule has 1 aromatic heterocycles. The first-order valence-electron chi connectivity index (χ1n) is 8.36. The summed E-state index contributed by atoms with van der Waals surface area (Å²) in [6, 6.07) is 5.76. The fraction of sp³-hybridized carbons (Fsp3) is 0.333. The molecule has 8 nitrogen and oxygen atoms in total. The van der Waals surface area contributed by atoms with Crippen LogP contribution in [0.3, 0.4) is 0 Å². The molecule has 2 amide bonds. The van der Waals surface area contributed by atoms with Crippen LogP contribution in [0.5, 0.6) is 5.75 Å². The highest BCUT2D eigenvalue weighted by Gasteiger charge is 2.31. The normalized spacial score (nSPS) is 13.4. The topological polar surface area (TPSA) is 95.7 Å². The van der Waals surface area contributed by atoms with E-state index in [1.165, 1.54) is 33.4 Å². The maximum absolute atomic E-state index is 13.1. The Labute approximate surface area is 154 Å². The number of fused-ring (bicyclic) bond motifs is 1. The van der Waals surface area contributed by atoms with Crippen LogP contribution in [-0.2, 0) is 24.4 Å². The van der Waals surface area contributed by atoms with Crippen LogP contribution in [0.15, 0.2) is 29.1 Å². The summed E-state index contributed by atoms with van der Waals surface area (Å²) in [6.45, 7) is 2.28. The van der Waals surface area contributed by atoms with Crippen molar-refractivity contribution >= 4 is 11.8 Å². The van der Waals surface area contributed by atoms with Gasteiger partial charge in [0.15, 0.2) is 5.69 Å². The summed E-state index contributed by atoms with van der Waals surface area (Å²) in [4.78, 5) is 43.0. The van der Waals surface area contributed by atoms with Gasteiger partial charge in [-0.25, -0.2) is 4.39 Å². The molecule has 27 heavy (non-hydrogen) atoms. The molecule has 1 aliphatic rings. The molecule has 0 saturated carbocycles. The largest absolute Gasteiger partial charge is 0.501 e. The third kappa shape index (κ3) is 3.67. The van der Waals surface area contributed by atoms with Crippen molar-refractivity contribution in [1.82, 2.24) is 19.4 Å². The van der Waals surface area contributed by atoms with Crippen molar-refractivity contribution in [2.24, 2.45) is 0 Å². The molecule has 0 saturated heterocycles. The zero-order valence-electron chi connectivity index (χ0n) is 15.0. The van der Waals surface area contributed by atoms with E-state index < -0.39 is 17.2 Å². The van der Waals surface area contributed by atoms with Crippen LogP contribution in [0.4, 0.5) is 4.39 Å². The summed E-state index contributed by atoms with van der Waals surface area (Å²) in [5, 5.41) is 10.1. The van der Waals surface area contributed by atoms with Gasteiger partial charge in [-0.1, -0.05) is 12.1 Å². The molecule has 0 radical (unpaired) electrons. The van der Waals surface area contributed by atoms with Crippen molar-refractivity contribution < 1.29 is 19.1 Å². The predicted octanol–water partition coefficient (Wildman–Crippen LogP) is 0.722. The molecular formula is C18H19FN4O4. The lowest BCUT2D eigenvalue weighted by molar-refractivity contribution is -0.128. The monoisotopic (exact) mass is 374 g/mol. The standard InChI is InChI=1S/C18H19FN4O4/c1-11(24)21(2)10-14-20-17(26)16(25)15-18(27)22(7-8-23(14)15)9-12-3-5-13(19)6-4-12/h3-6,25H,7-10H2,1-2H3. The number of aromatic hydroxyl groups is 1. The first-order chi connectivity index (χ1) is 12.8.